The summed E-state index contributed by atoms with van der Waals surface area (Å²) in [5, 5.41) is 11.8. The summed E-state index contributed by atoms with van der Waals surface area (Å²) in [6.45, 7) is 2.53. The molecular formula is C14H20N2O5. The van der Waals surface area contributed by atoms with Gasteiger partial charge in [-0.15, -0.1) is 0 Å². The summed E-state index contributed by atoms with van der Waals surface area (Å²) < 4.78 is 10.3. The highest BCUT2D eigenvalue weighted by atomic mass is 16.5. The predicted molar refractivity (Wildman–Crippen MR) is 77.4 cm³/mol. The van der Waals surface area contributed by atoms with E-state index in [0.717, 1.165) is 0 Å². The van der Waals surface area contributed by atoms with Gasteiger partial charge in [-0.05, 0) is 25.5 Å². The number of carbonyl (C=O) groups is 2. The van der Waals surface area contributed by atoms with Crippen LogP contribution in [0.2, 0.25) is 0 Å². The first-order chi connectivity index (χ1) is 9.97. The molecule has 1 aromatic carbocycles. The van der Waals surface area contributed by atoms with Crippen LogP contribution in [0.5, 0.6) is 5.75 Å². The molecule has 0 aliphatic heterocycles. The Morgan fingerprint density at radius 2 is 2.14 bits per heavy atom. The Hall–Kier alpha value is -2.28. The van der Waals surface area contributed by atoms with Gasteiger partial charge >= 0.3 is 5.97 Å². The standard InChI is InChI=1S/C14H20N2O5/c1-9(13(17)16-7-4-8-20-2)21-12-10(14(18)19)5-3-6-11(12)15/h3,5-6,9H,4,7-8,15H2,1-2H3,(H,16,17)(H,18,19). The number of ether oxygens (including phenoxy) is 2. The minimum Gasteiger partial charge on any atom is -0.478 e. The van der Waals surface area contributed by atoms with E-state index >= 15 is 0 Å². The summed E-state index contributed by atoms with van der Waals surface area (Å²) in [4.78, 5) is 23.0. The molecule has 4 N–H and O–H groups in total. The molecule has 0 aliphatic rings. The molecule has 116 valence electrons. The molecule has 0 heterocycles. The van der Waals surface area contributed by atoms with Crippen molar-refractivity contribution in [3.63, 3.8) is 0 Å². The SMILES string of the molecule is COCCCNC(=O)C(C)Oc1c(N)cccc1C(=O)O. The molecule has 21 heavy (non-hydrogen) atoms. The van der Waals surface area contributed by atoms with Crippen LogP contribution >= 0.6 is 0 Å². The summed E-state index contributed by atoms with van der Waals surface area (Å²) in [7, 11) is 1.58. The van der Waals surface area contributed by atoms with E-state index in [1.54, 1.807) is 7.11 Å². The number of carboxylic acid groups (broad SMARTS) is 1. The van der Waals surface area contributed by atoms with Gasteiger partial charge in [0.1, 0.15) is 5.56 Å². The molecule has 0 fully saturated rings. The fraction of sp³-hybridized carbons (Fsp3) is 0.429. The zero-order valence-electron chi connectivity index (χ0n) is 12.1. The van der Waals surface area contributed by atoms with Crippen LogP contribution in [-0.2, 0) is 9.53 Å². The number of rotatable bonds is 8. The summed E-state index contributed by atoms with van der Waals surface area (Å²) in [6, 6.07) is 4.41. The first-order valence-corrected chi connectivity index (χ1v) is 6.52. The largest absolute Gasteiger partial charge is 0.478 e. The van der Waals surface area contributed by atoms with Crippen molar-refractivity contribution in [2.24, 2.45) is 0 Å². The van der Waals surface area contributed by atoms with Crippen molar-refractivity contribution in [3.05, 3.63) is 23.8 Å². The maximum atomic E-state index is 11.8. The Labute approximate surface area is 123 Å². The Morgan fingerprint density at radius 1 is 1.43 bits per heavy atom. The number of para-hydroxylation sites is 1. The molecule has 0 saturated carbocycles. The zero-order chi connectivity index (χ0) is 15.8. The molecule has 0 spiro atoms. The van der Waals surface area contributed by atoms with Crippen molar-refractivity contribution in [2.45, 2.75) is 19.4 Å². The van der Waals surface area contributed by atoms with Crippen molar-refractivity contribution >= 4 is 17.6 Å². The van der Waals surface area contributed by atoms with Gasteiger partial charge in [-0.2, -0.15) is 0 Å². The zero-order valence-corrected chi connectivity index (χ0v) is 12.1. The third-order valence-electron chi connectivity index (χ3n) is 2.76. The third kappa shape index (κ3) is 4.96. The van der Waals surface area contributed by atoms with E-state index < -0.39 is 12.1 Å². The van der Waals surface area contributed by atoms with E-state index in [4.69, 9.17) is 20.3 Å². The first-order valence-electron chi connectivity index (χ1n) is 6.52. The molecule has 0 bridgehead atoms. The van der Waals surface area contributed by atoms with Crippen LogP contribution < -0.4 is 15.8 Å². The quantitative estimate of drug-likeness (QED) is 0.485. The fourth-order valence-electron chi connectivity index (χ4n) is 1.66. The number of methoxy groups -OCH3 is 1. The highest BCUT2D eigenvalue weighted by Crippen LogP contribution is 2.27. The van der Waals surface area contributed by atoms with Gasteiger partial charge in [-0.1, -0.05) is 6.07 Å². The number of nitrogens with one attached hydrogen (secondary N) is 1. The van der Waals surface area contributed by atoms with E-state index in [0.29, 0.717) is 19.6 Å². The van der Waals surface area contributed by atoms with Gasteiger partial charge in [0.2, 0.25) is 0 Å². The van der Waals surface area contributed by atoms with Crippen LogP contribution in [0.25, 0.3) is 0 Å². The molecule has 7 heteroatoms. The average Bonchev–Trinajstić information content (AvgIpc) is 2.45. The van der Waals surface area contributed by atoms with Crippen LogP contribution in [-0.4, -0.2) is 43.3 Å². The Balaban J connectivity index is 2.68. The monoisotopic (exact) mass is 296 g/mol. The average molecular weight is 296 g/mol. The van der Waals surface area contributed by atoms with Crippen molar-refractivity contribution in [1.82, 2.24) is 5.32 Å². The van der Waals surface area contributed by atoms with Crippen molar-refractivity contribution in [2.75, 3.05) is 26.0 Å². The molecular weight excluding hydrogens is 276 g/mol. The molecule has 0 aliphatic carbocycles. The molecule has 1 unspecified atom stereocenters. The third-order valence-corrected chi connectivity index (χ3v) is 2.76. The minimum absolute atomic E-state index is 0.00421. The number of nitrogens with two attached hydrogens (primary N) is 1. The lowest BCUT2D eigenvalue weighted by Gasteiger charge is -2.17. The van der Waals surface area contributed by atoms with Crippen LogP contribution in [0, 0.1) is 0 Å². The van der Waals surface area contributed by atoms with Crippen LogP contribution in [0.4, 0.5) is 5.69 Å². The Morgan fingerprint density at radius 3 is 2.76 bits per heavy atom. The number of amides is 1. The summed E-state index contributed by atoms with van der Waals surface area (Å²) in [5.74, 6) is -1.50. The van der Waals surface area contributed by atoms with Crippen molar-refractivity contribution < 1.29 is 24.2 Å². The number of nitrogen functional groups attached to an aromatic ring is 1. The topological polar surface area (TPSA) is 111 Å². The number of benzene rings is 1. The molecule has 1 aromatic rings. The molecule has 1 atom stereocenters. The highest BCUT2D eigenvalue weighted by molar-refractivity contribution is 5.93. The molecule has 0 saturated heterocycles. The molecule has 0 aromatic heterocycles. The van der Waals surface area contributed by atoms with Crippen LogP contribution in [0.15, 0.2) is 18.2 Å². The van der Waals surface area contributed by atoms with E-state index in [1.807, 2.05) is 0 Å². The highest BCUT2D eigenvalue weighted by Gasteiger charge is 2.20. The van der Waals surface area contributed by atoms with E-state index in [1.165, 1.54) is 25.1 Å². The summed E-state index contributed by atoms with van der Waals surface area (Å²) in [5.41, 5.74) is 5.81. The molecule has 7 nitrogen and oxygen atoms in total. The lowest BCUT2D eigenvalue weighted by atomic mass is 10.1. The van der Waals surface area contributed by atoms with E-state index in [9.17, 15) is 9.59 Å². The number of aromatic carboxylic acids is 1. The summed E-state index contributed by atoms with van der Waals surface area (Å²) in [6.07, 6.45) is -0.168. The molecule has 0 radical (unpaired) electrons. The van der Waals surface area contributed by atoms with Crippen LogP contribution in [0.3, 0.4) is 0 Å². The van der Waals surface area contributed by atoms with E-state index in [-0.39, 0.29) is 22.9 Å². The Kier molecular flexibility index (Phi) is 6.48. The molecule has 1 amide bonds. The molecule has 1 rings (SSSR count). The van der Waals surface area contributed by atoms with Crippen molar-refractivity contribution in [1.29, 1.82) is 0 Å². The number of carbonyl (C=O) groups excluding carboxylic acids is 1. The van der Waals surface area contributed by atoms with Crippen LogP contribution in [0.1, 0.15) is 23.7 Å². The second-order valence-corrected chi connectivity index (χ2v) is 4.43. The van der Waals surface area contributed by atoms with Gasteiger partial charge in [-0.3, -0.25) is 4.79 Å². The second kappa shape index (κ2) is 8.11. The predicted octanol–water partition coefficient (Wildman–Crippen LogP) is 0.887. The number of carboxylic acids is 1. The second-order valence-electron chi connectivity index (χ2n) is 4.43. The fourth-order valence-corrected chi connectivity index (χ4v) is 1.66. The Bertz CT molecular complexity index is 504. The number of anilines is 1. The van der Waals surface area contributed by atoms with Gasteiger partial charge in [-0.25, -0.2) is 4.79 Å². The van der Waals surface area contributed by atoms with Gasteiger partial charge in [0.25, 0.3) is 5.91 Å². The van der Waals surface area contributed by atoms with E-state index in [2.05, 4.69) is 5.32 Å². The lowest BCUT2D eigenvalue weighted by molar-refractivity contribution is -0.127. The minimum atomic E-state index is -1.16. The lowest BCUT2D eigenvalue weighted by Crippen LogP contribution is -2.37. The van der Waals surface area contributed by atoms with Gasteiger partial charge < -0.3 is 25.6 Å². The van der Waals surface area contributed by atoms with Gasteiger partial charge in [0.15, 0.2) is 11.9 Å². The smallest absolute Gasteiger partial charge is 0.339 e. The maximum absolute atomic E-state index is 11.8. The number of hydrogen-bond donors (Lipinski definition) is 3. The van der Waals surface area contributed by atoms with Crippen molar-refractivity contribution in [3.8, 4) is 5.75 Å². The number of hydrogen-bond acceptors (Lipinski definition) is 5. The van der Waals surface area contributed by atoms with Gasteiger partial charge in [0, 0.05) is 20.3 Å². The first kappa shape index (κ1) is 16.8. The van der Waals surface area contributed by atoms with Gasteiger partial charge in [0.05, 0.1) is 5.69 Å². The maximum Gasteiger partial charge on any atom is 0.339 e. The normalized spacial score (nSPS) is 11.7. The summed E-state index contributed by atoms with van der Waals surface area (Å²) >= 11 is 0.